The molecule has 24 heavy (non-hydrogen) atoms. The molecule has 0 N–H and O–H groups in total. The zero-order chi connectivity index (χ0) is 16.7. The van der Waals surface area contributed by atoms with Gasteiger partial charge in [-0.2, -0.15) is 0 Å². The topological polar surface area (TPSA) is 61.8 Å². The van der Waals surface area contributed by atoms with Crippen LogP contribution in [0.3, 0.4) is 0 Å². The molecule has 5 rings (SSSR count). The summed E-state index contributed by atoms with van der Waals surface area (Å²) in [7, 11) is 0. The molecule has 2 unspecified atom stereocenters. The number of morpholine rings is 1. The Balaban J connectivity index is 1.38. The van der Waals surface area contributed by atoms with Crippen LogP contribution in [0.1, 0.15) is 17.7 Å². The fraction of sp³-hybridized carbons (Fsp3) is 0.706. The summed E-state index contributed by atoms with van der Waals surface area (Å²) >= 11 is 0. The van der Waals surface area contributed by atoms with E-state index < -0.39 is 0 Å². The third-order valence-corrected chi connectivity index (χ3v) is 5.64. The first kappa shape index (κ1) is 15.8. The molecular formula is C17H25N5O2. The summed E-state index contributed by atoms with van der Waals surface area (Å²) in [5.74, 6) is 1.30. The number of rotatable bonds is 3. The van der Waals surface area contributed by atoms with Crippen LogP contribution in [0, 0.1) is 13.8 Å². The smallest absolute Gasteiger partial charge is 0.236 e. The van der Waals surface area contributed by atoms with Gasteiger partial charge in [-0.25, -0.2) is 9.97 Å². The lowest BCUT2D eigenvalue weighted by atomic mass is 9.87. The van der Waals surface area contributed by atoms with Gasteiger partial charge in [-0.1, -0.05) is 0 Å². The second-order valence-corrected chi connectivity index (χ2v) is 7.02. The number of piperazine rings is 1. The Morgan fingerprint density at radius 2 is 1.92 bits per heavy atom. The van der Waals surface area contributed by atoms with Gasteiger partial charge in [0.25, 0.3) is 0 Å². The van der Waals surface area contributed by atoms with E-state index in [-0.39, 0.29) is 5.91 Å². The minimum absolute atomic E-state index is 0.246. The fourth-order valence-corrected chi connectivity index (χ4v) is 4.03. The third kappa shape index (κ3) is 2.75. The van der Waals surface area contributed by atoms with Crippen molar-refractivity contribution < 1.29 is 9.53 Å². The van der Waals surface area contributed by atoms with Gasteiger partial charge in [0.2, 0.25) is 5.91 Å². The number of hydrogen-bond acceptors (Lipinski definition) is 6. The summed E-state index contributed by atoms with van der Waals surface area (Å²) in [4.78, 5) is 27.9. The van der Waals surface area contributed by atoms with E-state index in [0.717, 1.165) is 43.3 Å². The minimum Gasteiger partial charge on any atom is -0.378 e. The lowest BCUT2D eigenvalue weighted by Crippen LogP contribution is -2.70. The van der Waals surface area contributed by atoms with E-state index in [1.54, 1.807) is 6.33 Å². The van der Waals surface area contributed by atoms with Gasteiger partial charge in [0.15, 0.2) is 0 Å². The molecule has 0 radical (unpaired) electrons. The molecule has 4 aliphatic rings. The van der Waals surface area contributed by atoms with Crippen LogP contribution in [0.4, 0.5) is 5.82 Å². The monoisotopic (exact) mass is 331 g/mol. The maximum Gasteiger partial charge on any atom is 0.236 e. The molecule has 5 heterocycles. The van der Waals surface area contributed by atoms with Crippen LogP contribution in [0.15, 0.2) is 6.33 Å². The van der Waals surface area contributed by atoms with Gasteiger partial charge in [-0.15, -0.1) is 0 Å². The minimum atomic E-state index is 0.246. The SMILES string of the molecule is Cc1ncnc(N2CC3CC(C2)N3CC(=O)N2CCOCC2)c1C. The molecule has 0 spiro atoms. The molecule has 4 aliphatic heterocycles. The molecule has 1 aromatic heterocycles. The predicted molar refractivity (Wildman–Crippen MR) is 90.0 cm³/mol. The van der Waals surface area contributed by atoms with Crippen molar-refractivity contribution in [3.8, 4) is 0 Å². The summed E-state index contributed by atoms with van der Waals surface area (Å²) in [5.41, 5.74) is 2.20. The van der Waals surface area contributed by atoms with E-state index in [4.69, 9.17) is 4.74 Å². The number of amides is 1. The van der Waals surface area contributed by atoms with Crippen molar-refractivity contribution in [3.63, 3.8) is 0 Å². The largest absolute Gasteiger partial charge is 0.378 e. The number of ether oxygens (including phenoxy) is 1. The first-order valence-corrected chi connectivity index (χ1v) is 8.78. The molecule has 7 nitrogen and oxygen atoms in total. The Bertz CT molecular complexity index is 619. The van der Waals surface area contributed by atoms with Crippen LogP contribution >= 0.6 is 0 Å². The average molecular weight is 331 g/mol. The lowest BCUT2D eigenvalue weighted by Gasteiger charge is -2.56. The third-order valence-electron chi connectivity index (χ3n) is 5.64. The molecule has 0 saturated carbocycles. The van der Waals surface area contributed by atoms with Crippen molar-refractivity contribution in [2.45, 2.75) is 32.4 Å². The predicted octanol–water partition coefficient (Wildman–Crippen LogP) is 0.215. The molecule has 130 valence electrons. The zero-order valence-electron chi connectivity index (χ0n) is 14.4. The molecule has 0 aromatic carbocycles. The normalized spacial score (nSPS) is 27.1. The quantitative estimate of drug-likeness (QED) is 0.789. The van der Waals surface area contributed by atoms with Gasteiger partial charge in [0, 0.05) is 49.5 Å². The first-order valence-electron chi connectivity index (χ1n) is 8.78. The van der Waals surface area contributed by atoms with E-state index in [1.807, 2.05) is 11.8 Å². The van der Waals surface area contributed by atoms with Gasteiger partial charge in [-0.3, -0.25) is 9.69 Å². The van der Waals surface area contributed by atoms with E-state index in [9.17, 15) is 4.79 Å². The van der Waals surface area contributed by atoms with Crippen molar-refractivity contribution in [1.29, 1.82) is 0 Å². The first-order chi connectivity index (χ1) is 11.6. The summed E-state index contributed by atoms with van der Waals surface area (Å²) in [5, 5.41) is 0. The van der Waals surface area contributed by atoms with Crippen LogP contribution in [-0.4, -0.2) is 83.7 Å². The Morgan fingerprint density at radius 3 is 2.62 bits per heavy atom. The van der Waals surface area contributed by atoms with E-state index in [1.165, 1.54) is 6.42 Å². The van der Waals surface area contributed by atoms with Gasteiger partial charge >= 0.3 is 0 Å². The van der Waals surface area contributed by atoms with E-state index in [0.29, 0.717) is 31.8 Å². The number of piperidine rings is 1. The van der Waals surface area contributed by atoms with Gasteiger partial charge in [-0.05, 0) is 20.3 Å². The Kier molecular flexibility index (Phi) is 4.14. The molecule has 2 bridgehead atoms. The van der Waals surface area contributed by atoms with Crippen molar-refractivity contribution in [2.75, 3.05) is 50.8 Å². The van der Waals surface area contributed by atoms with Crippen molar-refractivity contribution in [2.24, 2.45) is 0 Å². The molecular weight excluding hydrogens is 306 g/mol. The molecule has 0 aliphatic carbocycles. The lowest BCUT2D eigenvalue weighted by molar-refractivity contribution is -0.141. The molecule has 1 aromatic rings. The van der Waals surface area contributed by atoms with Crippen molar-refractivity contribution >= 4 is 11.7 Å². The Labute approximate surface area is 142 Å². The number of carbonyl (C=O) groups excluding carboxylic acids is 1. The standard InChI is InChI=1S/C17H25N5O2/c1-12-13(2)18-11-19-17(12)21-8-14-7-15(9-21)22(14)10-16(23)20-3-5-24-6-4-20/h11,14-15H,3-10H2,1-2H3. The summed E-state index contributed by atoms with van der Waals surface area (Å²) in [6.07, 6.45) is 2.84. The highest BCUT2D eigenvalue weighted by molar-refractivity contribution is 5.78. The van der Waals surface area contributed by atoms with Crippen LogP contribution in [0.25, 0.3) is 0 Å². The number of anilines is 1. The number of aryl methyl sites for hydroxylation is 1. The van der Waals surface area contributed by atoms with Crippen LogP contribution in [0.2, 0.25) is 0 Å². The van der Waals surface area contributed by atoms with Crippen molar-refractivity contribution in [1.82, 2.24) is 19.8 Å². The fourth-order valence-electron chi connectivity index (χ4n) is 4.03. The highest BCUT2D eigenvalue weighted by atomic mass is 16.5. The molecule has 2 atom stereocenters. The zero-order valence-corrected chi connectivity index (χ0v) is 14.4. The number of carbonyl (C=O) groups is 1. The molecule has 4 saturated heterocycles. The van der Waals surface area contributed by atoms with Gasteiger partial charge in [0.1, 0.15) is 12.1 Å². The molecule has 1 amide bonds. The van der Waals surface area contributed by atoms with Crippen molar-refractivity contribution in [3.05, 3.63) is 17.6 Å². The number of fused-ring (bicyclic) bond motifs is 2. The van der Waals surface area contributed by atoms with Gasteiger partial charge < -0.3 is 14.5 Å². The summed E-state index contributed by atoms with van der Waals surface area (Å²) in [6.45, 7) is 9.35. The number of hydrogen-bond donors (Lipinski definition) is 0. The Morgan fingerprint density at radius 1 is 1.21 bits per heavy atom. The van der Waals surface area contributed by atoms with Crippen LogP contribution in [0.5, 0.6) is 0 Å². The maximum absolute atomic E-state index is 12.5. The highest BCUT2D eigenvalue weighted by Crippen LogP contribution is 2.34. The summed E-state index contributed by atoms with van der Waals surface area (Å²) in [6, 6.07) is 0.923. The Hall–Kier alpha value is -1.73. The second-order valence-electron chi connectivity index (χ2n) is 7.02. The number of aromatic nitrogens is 2. The number of nitrogens with zero attached hydrogens (tertiary/aromatic N) is 5. The second kappa shape index (κ2) is 6.29. The average Bonchev–Trinajstić information content (AvgIpc) is 2.62. The van der Waals surface area contributed by atoms with Gasteiger partial charge in [0.05, 0.1) is 19.8 Å². The van der Waals surface area contributed by atoms with Crippen LogP contribution < -0.4 is 4.90 Å². The highest BCUT2D eigenvalue weighted by Gasteiger charge is 2.46. The maximum atomic E-state index is 12.5. The van der Waals surface area contributed by atoms with Crippen LogP contribution in [-0.2, 0) is 9.53 Å². The van der Waals surface area contributed by atoms with E-state index >= 15 is 0 Å². The van der Waals surface area contributed by atoms with E-state index in [2.05, 4.69) is 26.7 Å². The summed E-state index contributed by atoms with van der Waals surface area (Å²) < 4.78 is 5.33. The molecule has 4 fully saturated rings. The molecule has 7 heteroatoms.